The molecule has 0 saturated heterocycles. The van der Waals surface area contributed by atoms with Crippen molar-refractivity contribution in [2.24, 2.45) is 0 Å². The fourth-order valence-corrected chi connectivity index (χ4v) is 5.28. The van der Waals surface area contributed by atoms with Crippen LogP contribution in [0.2, 0.25) is 0 Å². The van der Waals surface area contributed by atoms with E-state index in [0.29, 0.717) is 27.1 Å². The third kappa shape index (κ3) is 5.45. The summed E-state index contributed by atoms with van der Waals surface area (Å²) in [5, 5.41) is 6.97. The van der Waals surface area contributed by atoms with E-state index in [0.717, 1.165) is 16.0 Å². The number of thiocarbonyl (C=S) groups is 1. The van der Waals surface area contributed by atoms with Crippen LogP contribution in [0.15, 0.2) is 53.4 Å². The van der Waals surface area contributed by atoms with Gasteiger partial charge in [0.25, 0.3) is 10.0 Å². The SMILES string of the molecule is COC(=O)c1c(NC(=S)Nc2ccc(NS(=O)(=O)c3ccc(C)cc3)cc2)sc(C)c1C. The Morgan fingerprint density at radius 3 is 2.12 bits per heavy atom. The van der Waals surface area contributed by atoms with E-state index >= 15 is 0 Å². The number of rotatable bonds is 6. The van der Waals surface area contributed by atoms with Crippen LogP contribution in [0.5, 0.6) is 0 Å². The van der Waals surface area contributed by atoms with Crippen LogP contribution in [0.1, 0.15) is 26.4 Å². The van der Waals surface area contributed by atoms with Crippen molar-refractivity contribution in [3.63, 3.8) is 0 Å². The highest BCUT2D eigenvalue weighted by molar-refractivity contribution is 7.92. The van der Waals surface area contributed by atoms with Crippen molar-refractivity contribution < 1.29 is 17.9 Å². The smallest absolute Gasteiger partial charge is 0.341 e. The standard InChI is InChI=1S/C22H23N3O4S3/c1-13-5-11-18(12-6-13)32(27,28)25-17-9-7-16(8-10-17)23-22(30)24-20-19(21(26)29-4)14(2)15(3)31-20/h5-12,25H,1-4H3,(H2,23,24,30). The minimum atomic E-state index is -3.67. The third-order valence-corrected chi connectivity index (χ3v) is 7.45. The van der Waals surface area contributed by atoms with Gasteiger partial charge in [-0.05, 0) is 75.0 Å². The molecular formula is C22H23N3O4S3. The fourth-order valence-electron chi connectivity index (χ4n) is 2.88. The lowest BCUT2D eigenvalue weighted by atomic mass is 10.1. The van der Waals surface area contributed by atoms with Crippen molar-refractivity contribution in [2.45, 2.75) is 25.7 Å². The zero-order valence-electron chi connectivity index (χ0n) is 18.0. The Balaban J connectivity index is 1.67. The van der Waals surface area contributed by atoms with Crippen molar-refractivity contribution in [2.75, 3.05) is 22.5 Å². The van der Waals surface area contributed by atoms with Crippen LogP contribution in [0, 0.1) is 20.8 Å². The Morgan fingerprint density at radius 2 is 1.53 bits per heavy atom. The van der Waals surface area contributed by atoms with Crippen LogP contribution in [-0.2, 0) is 14.8 Å². The number of ether oxygens (including phenoxy) is 1. The molecule has 32 heavy (non-hydrogen) atoms. The summed E-state index contributed by atoms with van der Waals surface area (Å²) in [5.41, 5.74) is 3.37. The molecule has 10 heteroatoms. The number of methoxy groups -OCH3 is 1. The molecule has 7 nitrogen and oxygen atoms in total. The maximum absolute atomic E-state index is 12.5. The third-order valence-electron chi connectivity index (χ3n) is 4.73. The molecule has 0 unspecified atom stereocenters. The van der Waals surface area contributed by atoms with E-state index in [9.17, 15) is 13.2 Å². The first kappa shape index (κ1) is 23.7. The number of thiophene rings is 1. The van der Waals surface area contributed by atoms with Crippen molar-refractivity contribution in [1.82, 2.24) is 0 Å². The summed E-state index contributed by atoms with van der Waals surface area (Å²) in [6.07, 6.45) is 0. The normalized spacial score (nSPS) is 11.0. The van der Waals surface area contributed by atoms with Gasteiger partial charge in [-0.3, -0.25) is 4.72 Å². The predicted octanol–water partition coefficient (Wildman–Crippen LogP) is 5.07. The Morgan fingerprint density at radius 1 is 0.938 bits per heavy atom. The van der Waals surface area contributed by atoms with Gasteiger partial charge in [-0.2, -0.15) is 0 Å². The van der Waals surface area contributed by atoms with Gasteiger partial charge in [0.15, 0.2) is 5.11 Å². The van der Waals surface area contributed by atoms with Gasteiger partial charge in [0.05, 0.1) is 17.6 Å². The number of carbonyl (C=O) groups is 1. The van der Waals surface area contributed by atoms with Gasteiger partial charge in [-0.1, -0.05) is 17.7 Å². The van der Waals surface area contributed by atoms with Crippen LogP contribution in [-0.4, -0.2) is 26.6 Å². The topological polar surface area (TPSA) is 96.5 Å². The van der Waals surface area contributed by atoms with Gasteiger partial charge in [-0.15, -0.1) is 11.3 Å². The first-order chi connectivity index (χ1) is 15.1. The van der Waals surface area contributed by atoms with E-state index in [-0.39, 0.29) is 4.90 Å². The highest BCUT2D eigenvalue weighted by Gasteiger charge is 2.21. The molecule has 1 heterocycles. The van der Waals surface area contributed by atoms with Crippen LogP contribution >= 0.6 is 23.6 Å². The van der Waals surface area contributed by atoms with Gasteiger partial charge < -0.3 is 15.4 Å². The number of hydrogen-bond acceptors (Lipinski definition) is 6. The van der Waals surface area contributed by atoms with E-state index in [1.807, 2.05) is 20.8 Å². The average Bonchev–Trinajstić information content (AvgIpc) is 3.02. The Kier molecular flexibility index (Phi) is 7.17. The molecule has 3 N–H and O–H groups in total. The monoisotopic (exact) mass is 489 g/mol. The van der Waals surface area contributed by atoms with Crippen molar-refractivity contribution in [1.29, 1.82) is 0 Å². The maximum Gasteiger partial charge on any atom is 0.341 e. The van der Waals surface area contributed by atoms with Crippen molar-refractivity contribution in [3.8, 4) is 0 Å². The Hall–Kier alpha value is -2.95. The van der Waals surface area contributed by atoms with Crippen molar-refractivity contribution >= 4 is 61.0 Å². The van der Waals surface area contributed by atoms with Gasteiger partial charge in [0, 0.05) is 16.3 Å². The Labute approximate surface area is 196 Å². The lowest BCUT2D eigenvalue weighted by Gasteiger charge is -2.12. The lowest BCUT2D eigenvalue weighted by molar-refractivity contribution is 0.0601. The number of sulfonamides is 1. The number of aryl methyl sites for hydroxylation is 2. The highest BCUT2D eigenvalue weighted by atomic mass is 32.2. The lowest BCUT2D eigenvalue weighted by Crippen LogP contribution is -2.20. The second-order valence-electron chi connectivity index (χ2n) is 7.05. The Bertz CT molecular complexity index is 1250. The number of carbonyl (C=O) groups excluding carboxylic acids is 1. The molecule has 0 fully saturated rings. The first-order valence-corrected chi connectivity index (χ1v) is 12.3. The predicted molar refractivity (Wildman–Crippen MR) is 133 cm³/mol. The van der Waals surface area contributed by atoms with E-state index in [1.54, 1.807) is 48.5 Å². The molecule has 0 saturated carbocycles. The van der Waals surface area contributed by atoms with Gasteiger partial charge in [-0.25, -0.2) is 13.2 Å². The molecule has 0 aliphatic heterocycles. The summed E-state index contributed by atoms with van der Waals surface area (Å²) in [6.45, 7) is 5.67. The van der Waals surface area contributed by atoms with Gasteiger partial charge >= 0.3 is 5.97 Å². The molecule has 3 aromatic rings. The molecule has 2 aromatic carbocycles. The molecule has 0 aliphatic carbocycles. The largest absolute Gasteiger partial charge is 0.465 e. The fraction of sp³-hybridized carbons (Fsp3) is 0.182. The van der Waals surface area contributed by atoms with Crippen molar-refractivity contribution in [3.05, 3.63) is 70.1 Å². The maximum atomic E-state index is 12.5. The molecular weight excluding hydrogens is 466 g/mol. The number of benzene rings is 2. The van der Waals surface area contributed by atoms with Crippen LogP contribution < -0.4 is 15.4 Å². The second-order valence-corrected chi connectivity index (χ2v) is 10.4. The molecule has 3 rings (SSSR count). The summed E-state index contributed by atoms with van der Waals surface area (Å²) >= 11 is 6.78. The molecule has 1 aromatic heterocycles. The molecule has 0 atom stereocenters. The number of nitrogens with one attached hydrogen (secondary N) is 3. The van der Waals surface area contributed by atoms with E-state index < -0.39 is 16.0 Å². The molecule has 0 radical (unpaired) electrons. The molecule has 0 amide bonds. The average molecular weight is 490 g/mol. The van der Waals surface area contributed by atoms with Gasteiger partial charge in [0.1, 0.15) is 5.00 Å². The number of hydrogen-bond donors (Lipinski definition) is 3. The number of anilines is 3. The summed E-state index contributed by atoms with van der Waals surface area (Å²) in [7, 11) is -2.34. The molecule has 0 aliphatic rings. The van der Waals surface area contributed by atoms with Crippen LogP contribution in [0.4, 0.5) is 16.4 Å². The quantitative estimate of drug-likeness (QED) is 0.329. The van der Waals surface area contributed by atoms with Crippen LogP contribution in [0.3, 0.4) is 0 Å². The second kappa shape index (κ2) is 9.68. The van der Waals surface area contributed by atoms with E-state index in [1.165, 1.54) is 18.4 Å². The summed E-state index contributed by atoms with van der Waals surface area (Å²) < 4.78 is 32.5. The minimum absolute atomic E-state index is 0.193. The summed E-state index contributed by atoms with van der Waals surface area (Å²) in [4.78, 5) is 13.3. The molecule has 0 bridgehead atoms. The summed E-state index contributed by atoms with van der Waals surface area (Å²) in [6, 6.07) is 13.3. The minimum Gasteiger partial charge on any atom is -0.465 e. The zero-order valence-corrected chi connectivity index (χ0v) is 20.4. The van der Waals surface area contributed by atoms with E-state index in [2.05, 4.69) is 15.4 Å². The van der Waals surface area contributed by atoms with Crippen LogP contribution in [0.25, 0.3) is 0 Å². The molecule has 0 spiro atoms. The first-order valence-electron chi connectivity index (χ1n) is 9.56. The summed E-state index contributed by atoms with van der Waals surface area (Å²) in [5.74, 6) is -0.428. The zero-order chi connectivity index (χ0) is 23.5. The highest BCUT2D eigenvalue weighted by Crippen LogP contribution is 2.33. The van der Waals surface area contributed by atoms with E-state index in [4.69, 9.17) is 17.0 Å². The molecule has 168 valence electrons. The number of esters is 1. The van der Waals surface area contributed by atoms with Gasteiger partial charge in [0.2, 0.25) is 0 Å².